The molecule has 0 atom stereocenters. The predicted molar refractivity (Wildman–Crippen MR) is 100 cm³/mol. The van der Waals surface area contributed by atoms with E-state index in [-0.39, 0.29) is 5.56 Å². The molecule has 0 bridgehead atoms. The van der Waals surface area contributed by atoms with Gasteiger partial charge in [0.05, 0.1) is 12.8 Å². The summed E-state index contributed by atoms with van der Waals surface area (Å²) in [5, 5.41) is 4.68. The van der Waals surface area contributed by atoms with E-state index in [1.807, 2.05) is 60.7 Å². The van der Waals surface area contributed by atoms with Crippen LogP contribution in [0.15, 0.2) is 70.0 Å². The summed E-state index contributed by atoms with van der Waals surface area (Å²) in [5.41, 5.74) is 3.85. The first-order valence-electron chi connectivity index (χ1n) is 8.34. The molecule has 5 heteroatoms. The molecule has 0 aliphatic carbocycles. The lowest BCUT2D eigenvalue weighted by atomic mass is 10.1. The van der Waals surface area contributed by atoms with Gasteiger partial charge in [0.25, 0.3) is 5.56 Å². The van der Waals surface area contributed by atoms with Gasteiger partial charge in [0.1, 0.15) is 16.8 Å². The fraction of sp³-hybridized carbons (Fsp3) is 0.143. The molecule has 0 radical (unpaired) electrons. The summed E-state index contributed by atoms with van der Waals surface area (Å²) < 4.78 is 12.3. The maximum Gasteiger partial charge on any atom is 0.263 e. The fourth-order valence-corrected chi connectivity index (χ4v) is 3.11. The number of nitrogens with zero attached hydrogens (tertiary/aromatic N) is 2. The minimum absolute atomic E-state index is 0.105. The van der Waals surface area contributed by atoms with E-state index in [1.54, 1.807) is 18.7 Å². The van der Waals surface area contributed by atoms with Crippen molar-refractivity contribution in [2.75, 3.05) is 7.11 Å². The van der Waals surface area contributed by atoms with Crippen LogP contribution in [0.25, 0.3) is 22.2 Å². The number of rotatable bonds is 4. The number of methoxy groups -OCH3 is 1. The molecule has 0 aliphatic heterocycles. The smallest absolute Gasteiger partial charge is 0.263 e. The molecule has 2 heterocycles. The number of hydrogen-bond donors (Lipinski definition) is 0. The average molecular weight is 346 g/mol. The van der Waals surface area contributed by atoms with E-state index in [0.717, 1.165) is 22.6 Å². The Morgan fingerprint density at radius 2 is 1.81 bits per heavy atom. The summed E-state index contributed by atoms with van der Waals surface area (Å²) in [5.74, 6) is 0.794. The first-order chi connectivity index (χ1) is 12.7. The maximum absolute atomic E-state index is 12.9. The van der Waals surface area contributed by atoms with E-state index in [1.165, 1.54) is 0 Å². The number of fused-ring (bicyclic) bond motifs is 1. The second-order valence-corrected chi connectivity index (χ2v) is 6.15. The summed E-state index contributed by atoms with van der Waals surface area (Å²) in [7, 11) is 3.41. The standard InChI is InChI=1S/C21H18N2O3/c1-23-18(15-6-4-3-5-7-15)13-19-20(21(23)24)17(22-26-19)12-14-8-10-16(25-2)11-9-14/h3-11,13H,12H2,1-2H3. The predicted octanol–water partition coefficient (Wildman–Crippen LogP) is 3.79. The van der Waals surface area contributed by atoms with Crippen LogP contribution in [-0.4, -0.2) is 16.8 Å². The molecule has 0 aliphatic rings. The van der Waals surface area contributed by atoms with Gasteiger partial charge in [-0.05, 0) is 23.3 Å². The third-order valence-electron chi connectivity index (χ3n) is 4.54. The number of pyridine rings is 1. The third kappa shape index (κ3) is 2.77. The van der Waals surface area contributed by atoms with Gasteiger partial charge in [0.15, 0.2) is 5.58 Å². The molecular formula is C21H18N2O3. The van der Waals surface area contributed by atoms with E-state index < -0.39 is 0 Å². The van der Waals surface area contributed by atoms with Crippen LogP contribution in [0.3, 0.4) is 0 Å². The van der Waals surface area contributed by atoms with Crippen molar-refractivity contribution in [2.24, 2.45) is 7.05 Å². The van der Waals surface area contributed by atoms with Gasteiger partial charge in [0, 0.05) is 19.5 Å². The molecule has 130 valence electrons. The molecule has 4 rings (SSSR count). The largest absolute Gasteiger partial charge is 0.497 e. The Labute approximate surface area is 150 Å². The fourth-order valence-electron chi connectivity index (χ4n) is 3.11. The Hall–Kier alpha value is -3.34. The molecule has 0 fully saturated rings. The van der Waals surface area contributed by atoms with Crippen molar-refractivity contribution in [3.63, 3.8) is 0 Å². The molecule has 5 nitrogen and oxygen atoms in total. The molecule has 0 unspecified atom stereocenters. The van der Waals surface area contributed by atoms with Gasteiger partial charge in [-0.2, -0.15) is 0 Å². The molecular weight excluding hydrogens is 328 g/mol. The van der Waals surface area contributed by atoms with Crippen LogP contribution in [0.5, 0.6) is 5.75 Å². The Balaban J connectivity index is 1.78. The topological polar surface area (TPSA) is 57.3 Å². The monoisotopic (exact) mass is 346 g/mol. The van der Waals surface area contributed by atoms with Gasteiger partial charge in [-0.25, -0.2) is 0 Å². The third-order valence-corrected chi connectivity index (χ3v) is 4.54. The molecule has 4 aromatic rings. The van der Waals surface area contributed by atoms with Crippen molar-refractivity contribution in [1.82, 2.24) is 9.72 Å². The van der Waals surface area contributed by atoms with Gasteiger partial charge in [0.2, 0.25) is 0 Å². The molecule has 0 N–H and O–H groups in total. The van der Waals surface area contributed by atoms with Crippen LogP contribution in [0.4, 0.5) is 0 Å². The SMILES string of the molecule is COc1ccc(Cc2noc3cc(-c4ccccc4)n(C)c(=O)c23)cc1. The van der Waals surface area contributed by atoms with Gasteiger partial charge in [-0.1, -0.05) is 47.6 Å². The Morgan fingerprint density at radius 3 is 2.50 bits per heavy atom. The summed E-state index contributed by atoms with van der Waals surface area (Å²) in [4.78, 5) is 12.9. The summed E-state index contributed by atoms with van der Waals surface area (Å²) in [6, 6.07) is 19.3. The van der Waals surface area contributed by atoms with Crippen LogP contribution in [-0.2, 0) is 13.5 Å². The average Bonchev–Trinajstić information content (AvgIpc) is 3.08. The number of aromatic nitrogens is 2. The van der Waals surface area contributed by atoms with Crippen molar-refractivity contribution in [2.45, 2.75) is 6.42 Å². The lowest BCUT2D eigenvalue weighted by Gasteiger charge is -2.08. The van der Waals surface area contributed by atoms with E-state index >= 15 is 0 Å². The van der Waals surface area contributed by atoms with Gasteiger partial charge in [-0.3, -0.25) is 4.79 Å². The van der Waals surface area contributed by atoms with E-state index in [4.69, 9.17) is 9.26 Å². The van der Waals surface area contributed by atoms with Crippen LogP contribution in [0, 0.1) is 0 Å². The van der Waals surface area contributed by atoms with Crippen LogP contribution in [0.1, 0.15) is 11.3 Å². The molecule has 2 aromatic carbocycles. The van der Waals surface area contributed by atoms with Crippen LogP contribution < -0.4 is 10.3 Å². The summed E-state index contributed by atoms with van der Waals surface area (Å²) in [6.45, 7) is 0. The number of ether oxygens (including phenoxy) is 1. The number of hydrogen-bond acceptors (Lipinski definition) is 4. The zero-order valence-corrected chi connectivity index (χ0v) is 14.6. The zero-order chi connectivity index (χ0) is 18.1. The summed E-state index contributed by atoms with van der Waals surface area (Å²) in [6.07, 6.45) is 0.525. The minimum atomic E-state index is -0.105. The van der Waals surface area contributed by atoms with Crippen molar-refractivity contribution in [3.05, 3.63) is 82.3 Å². The Bertz CT molecular complexity index is 1110. The quantitative estimate of drug-likeness (QED) is 0.564. The van der Waals surface area contributed by atoms with E-state index in [9.17, 15) is 4.79 Å². The van der Waals surface area contributed by atoms with Crippen molar-refractivity contribution in [1.29, 1.82) is 0 Å². The zero-order valence-electron chi connectivity index (χ0n) is 14.6. The minimum Gasteiger partial charge on any atom is -0.497 e. The molecule has 2 aromatic heterocycles. The highest BCUT2D eigenvalue weighted by Crippen LogP contribution is 2.24. The van der Waals surface area contributed by atoms with Gasteiger partial charge < -0.3 is 13.8 Å². The van der Waals surface area contributed by atoms with Gasteiger partial charge in [-0.15, -0.1) is 0 Å². The van der Waals surface area contributed by atoms with E-state index in [0.29, 0.717) is 23.1 Å². The van der Waals surface area contributed by atoms with Crippen molar-refractivity contribution >= 4 is 11.0 Å². The molecule has 0 amide bonds. The highest BCUT2D eigenvalue weighted by Gasteiger charge is 2.17. The first-order valence-corrected chi connectivity index (χ1v) is 8.34. The lowest BCUT2D eigenvalue weighted by Crippen LogP contribution is -2.19. The van der Waals surface area contributed by atoms with E-state index in [2.05, 4.69) is 5.16 Å². The summed E-state index contributed by atoms with van der Waals surface area (Å²) >= 11 is 0. The van der Waals surface area contributed by atoms with Gasteiger partial charge >= 0.3 is 0 Å². The first kappa shape index (κ1) is 16.1. The van der Waals surface area contributed by atoms with Crippen LogP contribution in [0.2, 0.25) is 0 Å². The highest BCUT2D eigenvalue weighted by atomic mass is 16.5. The van der Waals surface area contributed by atoms with Crippen molar-refractivity contribution in [3.8, 4) is 17.0 Å². The second kappa shape index (κ2) is 6.52. The van der Waals surface area contributed by atoms with Crippen LogP contribution >= 0.6 is 0 Å². The highest BCUT2D eigenvalue weighted by molar-refractivity contribution is 5.82. The molecule has 26 heavy (non-hydrogen) atoms. The Kier molecular flexibility index (Phi) is 4.05. The normalized spacial score (nSPS) is 11.0. The number of benzene rings is 2. The van der Waals surface area contributed by atoms with Crippen molar-refractivity contribution < 1.29 is 9.26 Å². The lowest BCUT2D eigenvalue weighted by molar-refractivity contribution is 0.414. The second-order valence-electron chi connectivity index (χ2n) is 6.15. The molecule has 0 saturated carbocycles. The molecule has 0 spiro atoms. The molecule has 0 saturated heterocycles. The maximum atomic E-state index is 12.9. The Morgan fingerprint density at radius 1 is 1.08 bits per heavy atom.